The van der Waals surface area contributed by atoms with Gasteiger partial charge in [-0.25, -0.2) is 8.42 Å². The van der Waals surface area contributed by atoms with Crippen LogP contribution in [0.4, 0.5) is 5.69 Å². The largest absolute Gasteiger partial charge is 0.497 e. The maximum absolute atomic E-state index is 14.2. The second kappa shape index (κ2) is 14.4. The zero-order valence-electron chi connectivity index (χ0n) is 25.7. The molecule has 0 aromatic heterocycles. The summed E-state index contributed by atoms with van der Waals surface area (Å²) < 4.78 is 34.6. The fourth-order valence-corrected chi connectivity index (χ4v) is 6.15. The number of methoxy groups -OCH3 is 1. The predicted molar refractivity (Wildman–Crippen MR) is 167 cm³/mol. The van der Waals surface area contributed by atoms with E-state index in [2.05, 4.69) is 5.32 Å². The standard InChI is InChI=1S/C33H43N3O5S/c1-8-26(6)34-33(38)31(9-2)35(21-27-12-14-29(41-7)15-13-27)32(37)22-36(28-19-24(4)18-25(5)20-28)42(39,40)30-16-10-23(3)11-17-30/h10-20,26,31H,8-9,21-22H2,1-7H3,(H,34,38)/t26-,31-/m1/s1. The number of aryl methyl sites for hydroxylation is 3. The molecule has 0 aliphatic rings. The van der Waals surface area contributed by atoms with Crippen molar-refractivity contribution in [3.8, 4) is 5.75 Å². The number of rotatable bonds is 13. The van der Waals surface area contributed by atoms with E-state index >= 15 is 0 Å². The molecule has 3 rings (SSSR count). The van der Waals surface area contributed by atoms with E-state index in [1.165, 1.54) is 4.90 Å². The van der Waals surface area contributed by atoms with Crippen molar-refractivity contribution in [2.24, 2.45) is 0 Å². The van der Waals surface area contributed by atoms with E-state index in [9.17, 15) is 18.0 Å². The Balaban J connectivity index is 2.09. The minimum atomic E-state index is -4.12. The molecule has 0 saturated heterocycles. The van der Waals surface area contributed by atoms with Crippen LogP contribution in [-0.4, -0.2) is 50.9 Å². The smallest absolute Gasteiger partial charge is 0.264 e. The number of carbonyl (C=O) groups excluding carboxylic acids is 2. The van der Waals surface area contributed by atoms with Crippen molar-refractivity contribution in [3.05, 3.63) is 89.0 Å². The number of nitrogens with zero attached hydrogens (tertiary/aromatic N) is 2. The maximum Gasteiger partial charge on any atom is 0.264 e. The van der Waals surface area contributed by atoms with Crippen LogP contribution in [-0.2, 0) is 26.2 Å². The highest BCUT2D eigenvalue weighted by Crippen LogP contribution is 2.27. The molecule has 226 valence electrons. The van der Waals surface area contributed by atoms with Crippen LogP contribution in [0.2, 0.25) is 0 Å². The van der Waals surface area contributed by atoms with E-state index in [1.807, 2.05) is 59.7 Å². The van der Waals surface area contributed by atoms with Gasteiger partial charge < -0.3 is 15.0 Å². The molecule has 3 aromatic rings. The first-order valence-corrected chi connectivity index (χ1v) is 15.7. The van der Waals surface area contributed by atoms with Crippen LogP contribution in [0.25, 0.3) is 0 Å². The average Bonchev–Trinajstić information content (AvgIpc) is 2.95. The predicted octanol–water partition coefficient (Wildman–Crippen LogP) is 5.54. The zero-order chi connectivity index (χ0) is 31.0. The van der Waals surface area contributed by atoms with Crippen LogP contribution in [0, 0.1) is 20.8 Å². The number of benzene rings is 3. The molecule has 0 fully saturated rings. The Morgan fingerprint density at radius 1 is 0.857 bits per heavy atom. The first-order chi connectivity index (χ1) is 19.9. The molecule has 8 nitrogen and oxygen atoms in total. The van der Waals surface area contributed by atoms with Crippen molar-refractivity contribution in [1.82, 2.24) is 10.2 Å². The molecule has 9 heteroatoms. The van der Waals surface area contributed by atoms with Gasteiger partial charge in [0, 0.05) is 12.6 Å². The SMILES string of the molecule is CC[C@@H](C)NC(=O)[C@@H](CC)N(Cc1ccc(OC)cc1)C(=O)CN(c1cc(C)cc(C)c1)S(=O)(=O)c1ccc(C)cc1. The minimum Gasteiger partial charge on any atom is -0.497 e. The number of ether oxygens (including phenoxy) is 1. The van der Waals surface area contributed by atoms with E-state index < -0.39 is 28.5 Å². The van der Waals surface area contributed by atoms with E-state index in [1.54, 1.807) is 55.6 Å². The summed E-state index contributed by atoms with van der Waals surface area (Å²) in [7, 11) is -2.55. The van der Waals surface area contributed by atoms with E-state index in [0.29, 0.717) is 17.9 Å². The molecule has 0 aliphatic heterocycles. The van der Waals surface area contributed by atoms with E-state index in [0.717, 1.165) is 33.0 Å². The van der Waals surface area contributed by atoms with Gasteiger partial charge in [-0.15, -0.1) is 0 Å². The number of sulfonamides is 1. The van der Waals surface area contributed by atoms with Crippen molar-refractivity contribution in [3.63, 3.8) is 0 Å². The van der Waals surface area contributed by atoms with E-state index in [4.69, 9.17) is 4.74 Å². The molecule has 42 heavy (non-hydrogen) atoms. The lowest BCUT2D eigenvalue weighted by Crippen LogP contribution is -2.53. The first kappa shape index (κ1) is 32.7. The van der Waals surface area contributed by atoms with Gasteiger partial charge in [-0.1, -0.05) is 49.7 Å². The third kappa shape index (κ3) is 8.12. The van der Waals surface area contributed by atoms with Gasteiger partial charge in [0.1, 0.15) is 18.3 Å². The maximum atomic E-state index is 14.2. The summed E-state index contributed by atoms with van der Waals surface area (Å²) in [6, 6.07) is 18.4. The Morgan fingerprint density at radius 2 is 1.45 bits per heavy atom. The molecule has 0 heterocycles. The highest BCUT2D eigenvalue weighted by atomic mass is 32.2. The van der Waals surface area contributed by atoms with Crippen LogP contribution < -0.4 is 14.4 Å². The molecule has 0 aliphatic carbocycles. The quantitative estimate of drug-likeness (QED) is 0.281. The molecule has 2 atom stereocenters. The summed E-state index contributed by atoms with van der Waals surface area (Å²) >= 11 is 0. The zero-order valence-corrected chi connectivity index (χ0v) is 26.5. The summed E-state index contributed by atoms with van der Waals surface area (Å²) in [5, 5.41) is 3.00. The Kier molecular flexibility index (Phi) is 11.2. The molecule has 0 unspecified atom stereocenters. The van der Waals surface area contributed by atoms with Crippen LogP contribution in [0.15, 0.2) is 71.6 Å². The molecule has 1 N–H and O–H groups in total. The highest BCUT2D eigenvalue weighted by molar-refractivity contribution is 7.92. The minimum absolute atomic E-state index is 0.0711. The molecule has 3 aromatic carbocycles. The van der Waals surface area contributed by atoms with Crippen molar-refractivity contribution in [1.29, 1.82) is 0 Å². The fraction of sp³-hybridized carbons (Fsp3) is 0.394. The molecule has 0 saturated carbocycles. The topological polar surface area (TPSA) is 96.0 Å². The lowest BCUT2D eigenvalue weighted by molar-refractivity contribution is -0.140. The number of nitrogens with one attached hydrogen (secondary N) is 1. The molecule has 0 spiro atoms. The fourth-order valence-electron chi connectivity index (χ4n) is 4.75. The van der Waals surface area contributed by atoms with Gasteiger partial charge in [0.15, 0.2) is 0 Å². The van der Waals surface area contributed by atoms with Gasteiger partial charge in [-0.2, -0.15) is 0 Å². The monoisotopic (exact) mass is 593 g/mol. The number of carbonyl (C=O) groups is 2. The summed E-state index contributed by atoms with van der Waals surface area (Å²) in [5.74, 6) is -0.0803. The van der Waals surface area contributed by atoms with Crippen LogP contribution in [0.1, 0.15) is 55.9 Å². The second-order valence-electron chi connectivity index (χ2n) is 10.8. The highest BCUT2D eigenvalue weighted by Gasteiger charge is 2.34. The van der Waals surface area contributed by atoms with Crippen LogP contribution in [0.5, 0.6) is 5.75 Å². The molecule has 2 amide bonds. The molecular formula is C33H43N3O5S. The van der Waals surface area contributed by atoms with Crippen molar-refractivity contribution in [2.75, 3.05) is 18.0 Å². The lowest BCUT2D eigenvalue weighted by Gasteiger charge is -2.34. The van der Waals surface area contributed by atoms with Gasteiger partial charge in [-0.3, -0.25) is 13.9 Å². The molecule has 0 bridgehead atoms. The first-order valence-electron chi connectivity index (χ1n) is 14.3. The van der Waals surface area contributed by atoms with Crippen LogP contribution >= 0.6 is 0 Å². The van der Waals surface area contributed by atoms with Gasteiger partial charge >= 0.3 is 0 Å². The Hall–Kier alpha value is -3.85. The Morgan fingerprint density at radius 3 is 1.98 bits per heavy atom. The van der Waals surface area contributed by atoms with Gasteiger partial charge in [0.2, 0.25) is 11.8 Å². The van der Waals surface area contributed by atoms with Crippen molar-refractivity contribution >= 4 is 27.5 Å². The van der Waals surface area contributed by atoms with Gasteiger partial charge in [0.25, 0.3) is 10.0 Å². The summed E-state index contributed by atoms with van der Waals surface area (Å²) in [6.45, 7) is 11.0. The normalized spacial score (nSPS) is 12.7. The number of amides is 2. The third-order valence-electron chi connectivity index (χ3n) is 7.28. The van der Waals surface area contributed by atoms with Crippen LogP contribution in [0.3, 0.4) is 0 Å². The Labute approximate surface area is 250 Å². The van der Waals surface area contributed by atoms with Gasteiger partial charge in [0.05, 0.1) is 17.7 Å². The number of anilines is 1. The summed E-state index contributed by atoms with van der Waals surface area (Å²) in [5.41, 5.74) is 3.85. The second-order valence-corrected chi connectivity index (χ2v) is 12.6. The summed E-state index contributed by atoms with van der Waals surface area (Å²) in [6.07, 6.45) is 1.10. The Bertz CT molecular complexity index is 1450. The molecule has 0 radical (unpaired) electrons. The van der Waals surface area contributed by atoms with E-state index in [-0.39, 0.29) is 23.4 Å². The number of hydrogen-bond acceptors (Lipinski definition) is 5. The molecular weight excluding hydrogens is 550 g/mol. The average molecular weight is 594 g/mol. The lowest BCUT2D eigenvalue weighted by atomic mass is 10.1. The van der Waals surface area contributed by atoms with Crippen molar-refractivity contribution in [2.45, 2.75) is 77.9 Å². The van der Waals surface area contributed by atoms with Gasteiger partial charge in [-0.05, 0) is 93.6 Å². The van der Waals surface area contributed by atoms with Crippen molar-refractivity contribution < 1.29 is 22.7 Å². The summed E-state index contributed by atoms with van der Waals surface area (Å²) in [4.78, 5) is 29.2. The third-order valence-corrected chi connectivity index (χ3v) is 9.07. The number of hydrogen-bond donors (Lipinski definition) is 1.